The van der Waals surface area contributed by atoms with E-state index in [1.54, 1.807) is 36.4 Å². The Hall–Kier alpha value is -2.89. The highest BCUT2D eigenvalue weighted by Crippen LogP contribution is 2.27. The van der Waals surface area contributed by atoms with Crippen molar-refractivity contribution in [2.75, 3.05) is 0 Å². The molecule has 0 fully saturated rings. The van der Waals surface area contributed by atoms with E-state index >= 15 is 0 Å². The van der Waals surface area contributed by atoms with Crippen LogP contribution in [0.1, 0.15) is 37.0 Å². The van der Waals surface area contributed by atoms with Crippen LogP contribution in [0.3, 0.4) is 0 Å². The van der Waals surface area contributed by atoms with Crippen molar-refractivity contribution in [3.05, 3.63) is 105 Å². The quantitative estimate of drug-likeness (QED) is 0.348. The molecule has 2 amide bonds. The lowest BCUT2D eigenvalue weighted by atomic mass is 10.0. The van der Waals surface area contributed by atoms with Gasteiger partial charge in [-0.3, -0.25) is 9.59 Å². The van der Waals surface area contributed by atoms with Crippen molar-refractivity contribution in [1.29, 1.82) is 0 Å². The first-order chi connectivity index (χ1) is 16.8. The minimum Gasteiger partial charge on any atom is -0.352 e. The Morgan fingerprint density at radius 2 is 1.57 bits per heavy atom. The van der Waals surface area contributed by atoms with Crippen molar-refractivity contribution in [3.63, 3.8) is 0 Å². The SMILES string of the molecule is CC[C@H](C)NC(=O)[C@@H](Cc1ccccc1)N(Cc1c(Cl)cccc1Cl)C(=O)Cc1ccccc1F. The molecule has 2 atom stereocenters. The number of benzene rings is 3. The molecule has 4 nitrogen and oxygen atoms in total. The summed E-state index contributed by atoms with van der Waals surface area (Å²) in [6, 6.07) is 19.8. The second-order valence-corrected chi connectivity index (χ2v) is 9.33. The fourth-order valence-corrected chi connectivity index (χ4v) is 4.27. The maximum atomic E-state index is 14.4. The molecule has 0 saturated heterocycles. The maximum Gasteiger partial charge on any atom is 0.243 e. The summed E-state index contributed by atoms with van der Waals surface area (Å²) >= 11 is 12.9. The number of amides is 2. The van der Waals surface area contributed by atoms with Gasteiger partial charge >= 0.3 is 0 Å². The smallest absolute Gasteiger partial charge is 0.243 e. The van der Waals surface area contributed by atoms with Crippen molar-refractivity contribution in [2.45, 2.75) is 51.7 Å². The van der Waals surface area contributed by atoms with Crippen molar-refractivity contribution in [2.24, 2.45) is 0 Å². The molecule has 0 unspecified atom stereocenters. The van der Waals surface area contributed by atoms with Gasteiger partial charge in [0, 0.05) is 34.6 Å². The maximum absolute atomic E-state index is 14.4. The molecule has 184 valence electrons. The first-order valence-corrected chi connectivity index (χ1v) is 12.4. The summed E-state index contributed by atoms with van der Waals surface area (Å²) in [5.74, 6) is -1.15. The van der Waals surface area contributed by atoms with Gasteiger partial charge in [0.15, 0.2) is 0 Å². The van der Waals surface area contributed by atoms with Crippen LogP contribution in [0.25, 0.3) is 0 Å². The molecule has 0 spiro atoms. The van der Waals surface area contributed by atoms with Crippen LogP contribution in [-0.2, 0) is 29.0 Å². The van der Waals surface area contributed by atoms with Gasteiger partial charge < -0.3 is 10.2 Å². The van der Waals surface area contributed by atoms with Gasteiger partial charge in [0.25, 0.3) is 0 Å². The van der Waals surface area contributed by atoms with Gasteiger partial charge in [0.2, 0.25) is 11.8 Å². The summed E-state index contributed by atoms with van der Waals surface area (Å²) < 4.78 is 14.4. The van der Waals surface area contributed by atoms with E-state index in [-0.39, 0.29) is 36.9 Å². The third-order valence-corrected chi connectivity index (χ3v) is 6.67. The zero-order chi connectivity index (χ0) is 25.4. The molecule has 3 aromatic rings. The van der Waals surface area contributed by atoms with Crippen LogP contribution in [0, 0.1) is 5.82 Å². The van der Waals surface area contributed by atoms with E-state index in [4.69, 9.17) is 23.2 Å². The predicted octanol–water partition coefficient (Wildman–Crippen LogP) is 6.23. The lowest BCUT2D eigenvalue weighted by Crippen LogP contribution is -2.52. The Bertz CT molecular complexity index is 1140. The minimum atomic E-state index is -0.849. The van der Waals surface area contributed by atoms with E-state index in [2.05, 4.69) is 5.32 Å². The van der Waals surface area contributed by atoms with Crippen molar-refractivity contribution < 1.29 is 14.0 Å². The first kappa shape index (κ1) is 26.7. The molecule has 0 saturated carbocycles. The zero-order valence-electron chi connectivity index (χ0n) is 19.8. The molecule has 0 aliphatic carbocycles. The van der Waals surface area contributed by atoms with Crippen LogP contribution in [0.4, 0.5) is 4.39 Å². The van der Waals surface area contributed by atoms with Crippen molar-refractivity contribution in [3.8, 4) is 0 Å². The monoisotopic (exact) mass is 514 g/mol. The summed E-state index contributed by atoms with van der Waals surface area (Å²) in [4.78, 5) is 28.6. The number of halogens is 3. The van der Waals surface area contributed by atoms with Gasteiger partial charge in [0.05, 0.1) is 6.42 Å². The highest BCUT2D eigenvalue weighted by molar-refractivity contribution is 6.36. The Morgan fingerprint density at radius 3 is 2.20 bits per heavy atom. The van der Waals surface area contributed by atoms with Crippen LogP contribution in [0.15, 0.2) is 72.8 Å². The van der Waals surface area contributed by atoms with Gasteiger partial charge in [-0.25, -0.2) is 4.39 Å². The lowest BCUT2D eigenvalue weighted by Gasteiger charge is -2.33. The first-order valence-electron chi connectivity index (χ1n) is 11.6. The Kier molecular flexibility index (Phi) is 9.70. The summed E-state index contributed by atoms with van der Waals surface area (Å²) in [6.07, 6.45) is 0.828. The molecule has 1 N–H and O–H groups in total. The Labute approximate surface area is 216 Å². The van der Waals surface area contributed by atoms with E-state index < -0.39 is 17.8 Å². The van der Waals surface area contributed by atoms with Crippen molar-refractivity contribution >= 4 is 35.0 Å². The fourth-order valence-electron chi connectivity index (χ4n) is 3.76. The van der Waals surface area contributed by atoms with Crippen LogP contribution in [0.2, 0.25) is 10.0 Å². The molecule has 3 rings (SSSR count). The average Bonchev–Trinajstić information content (AvgIpc) is 2.84. The fraction of sp³-hybridized carbons (Fsp3) is 0.286. The number of rotatable bonds is 10. The number of carbonyl (C=O) groups excluding carboxylic acids is 2. The second-order valence-electron chi connectivity index (χ2n) is 8.51. The average molecular weight is 515 g/mol. The van der Waals surface area contributed by atoms with E-state index in [1.807, 2.05) is 44.2 Å². The van der Waals surface area contributed by atoms with Crippen LogP contribution in [0.5, 0.6) is 0 Å². The lowest BCUT2D eigenvalue weighted by molar-refractivity contribution is -0.141. The minimum absolute atomic E-state index is 0.0111. The summed E-state index contributed by atoms with van der Waals surface area (Å²) in [5, 5.41) is 3.78. The molecular formula is C28H29Cl2FN2O2. The molecular weight excluding hydrogens is 486 g/mol. The number of hydrogen-bond acceptors (Lipinski definition) is 2. The Morgan fingerprint density at radius 1 is 0.943 bits per heavy atom. The van der Waals surface area contributed by atoms with E-state index in [1.165, 1.54) is 11.0 Å². The third kappa shape index (κ3) is 7.30. The molecule has 0 aromatic heterocycles. The summed E-state index contributed by atoms with van der Waals surface area (Å²) in [5.41, 5.74) is 1.69. The van der Waals surface area contributed by atoms with Gasteiger partial charge in [-0.1, -0.05) is 84.7 Å². The highest BCUT2D eigenvalue weighted by atomic mass is 35.5. The van der Waals surface area contributed by atoms with E-state index in [0.29, 0.717) is 15.6 Å². The standard InChI is InChI=1S/C28H29Cl2FN2O2/c1-3-19(2)32-28(35)26(16-20-10-5-4-6-11-20)33(18-22-23(29)13-9-14-24(22)30)27(34)17-21-12-7-8-15-25(21)31/h4-15,19,26H,3,16-18H2,1-2H3,(H,32,35)/t19-,26+/m0/s1. The molecule has 3 aromatic carbocycles. The molecule has 0 heterocycles. The molecule has 0 aliphatic rings. The second kappa shape index (κ2) is 12.7. The van der Waals surface area contributed by atoms with E-state index in [9.17, 15) is 14.0 Å². The number of nitrogens with zero attached hydrogens (tertiary/aromatic N) is 1. The van der Waals surface area contributed by atoms with Crippen molar-refractivity contribution in [1.82, 2.24) is 10.2 Å². The van der Waals surface area contributed by atoms with E-state index in [0.717, 1.165) is 12.0 Å². The predicted molar refractivity (Wildman–Crippen MR) is 139 cm³/mol. The Balaban J connectivity index is 2.03. The topological polar surface area (TPSA) is 49.4 Å². The summed E-state index contributed by atoms with van der Waals surface area (Å²) in [6.45, 7) is 3.90. The third-order valence-electron chi connectivity index (χ3n) is 5.96. The van der Waals surface area contributed by atoms with Crippen LogP contribution >= 0.6 is 23.2 Å². The van der Waals surface area contributed by atoms with Gasteiger partial charge in [-0.05, 0) is 42.7 Å². The normalized spacial score (nSPS) is 12.6. The van der Waals surface area contributed by atoms with Crippen LogP contribution < -0.4 is 5.32 Å². The highest BCUT2D eigenvalue weighted by Gasteiger charge is 2.32. The largest absolute Gasteiger partial charge is 0.352 e. The van der Waals surface area contributed by atoms with Crippen LogP contribution in [-0.4, -0.2) is 28.8 Å². The zero-order valence-corrected chi connectivity index (χ0v) is 21.3. The number of carbonyl (C=O) groups is 2. The van der Waals surface area contributed by atoms with Gasteiger partial charge in [-0.15, -0.1) is 0 Å². The van der Waals surface area contributed by atoms with Gasteiger partial charge in [-0.2, -0.15) is 0 Å². The molecule has 7 heteroatoms. The molecule has 0 radical (unpaired) electrons. The summed E-state index contributed by atoms with van der Waals surface area (Å²) in [7, 11) is 0. The number of nitrogens with one attached hydrogen (secondary N) is 1. The molecule has 0 bridgehead atoms. The van der Waals surface area contributed by atoms with Gasteiger partial charge in [0.1, 0.15) is 11.9 Å². The molecule has 0 aliphatic heterocycles. The molecule has 35 heavy (non-hydrogen) atoms. The number of hydrogen-bond donors (Lipinski definition) is 1.